The van der Waals surface area contributed by atoms with Crippen LogP contribution in [0.15, 0.2) is 42.5 Å². The lowest BCUT2D eigenvalue weighted by atomic mass is 10.0. The van der Waals surface area contributed by atoms with Crippen LogP contribution >= 0.6 is 0 Å². The van der Waals surface area contributed by atoms with E-state index in [1.807, 2.05) is 4.90 Å². The fraction of sp³-hybridized carbons (Fsp3) is 0.440. The van der Waals surface area contributed by atoms with Crippen LogP contribution in [0.5, 0.6) is 0 Å². The zero-order valence-corrected chi connectivity index (χ0v) is 18.7. The van der Waals surface area contributed by atoms with E-state index in [1.54, 1.807) is 12.1 Å². The summed E-state index contributed by atoms with van der Waals surface area (Å²) in [6.07, 6.45) is 0.813. The van der Waals surface area contributed by atoms with Crippen LogP contribution in [-0.4, -0.2) is 55.9 Å². The molecule has 0 unspecified atom stereocenters. The predicted octanol–water partition coefficient (Wildman–Crippen LogP) is 3.63. The molecule has 1 N–H and O–H groups in total. The third-order valence-corrected chi connectivity index (χ3v) is 5.82. The standard InChI is InChI=1S/C25H32FN3O2/c1-18(2)21-6-4-20(5-7-21)10-11-27-25(31)17-28-12-14-29(15-13-28)24-9-8-22(19(3)30)16-23(24)26/h4-9,16,18H,10-15,17H2,1-3H3,(H,27,31). The van der Waals surface area contributed by atoms with Crippen molar-refractivity contribution >= 4 is 17.4 Å². The molecule has 0 spiro atoms. The topological polar surface area (TPSA) is 52.7 Å². The van der Waals surface area contributed by atoms with Crippen LogP contribution in [0.1, 0.15) is 48.2 Å². The number of nitrogens with zero attached hydrogens (tertiary/aromatic N) is 2. The Morgan fingerprint density at radius 1 is 1.03 bits per heavy atom. The smallest absolute Gasteiger partial charge is 0.234 e. The van der Waals surface area contributed by atoms with Gasteiger partial charge in [0.25, 0.3) is 0 Å². The zero-order valence-electron chi connectivity index (χ0n) is 18.7. The average molecular weight is 426 g/mol. The Labute approximate surface area is 184 Å². The first-order valence-electron chi connectivity index (χ1n) is 11.0. The summed E-state index contributed by atoms with van der Waals surface area (Å²) in [4.78, 5) is 27.7. The lowest BCUT2D eigenvalue weighted by molar-refractivity contribution is -0.122. The first-order valence-corrected chi connectivity index (χ1v) is 11.0. The van der Waals surface area contributed by atoms with Crippen LogP contribution in [0.25, 0.3) is 0 Å². The summed E-state index contributed by atoms with van der Waals surface area (Å²) >= 11 is 0. The molecule has 6 heteroatoms. The van der Waals surface area contributed by atoms with Crippen molar-refractivity contribution in [3.05, 3.63) is 65.0 Å². The van der Waals surface area contributed by atoms with Crippen molar-refractivity contribution in [2.75, 3.05) is 44.2 Å². The maximum atomic E-state index is 14.4. The number of Topliss-reactive ketones (excluding diaryl/α,β-unsaturated/α-hetero) is 1. The van der Waals surface area contributed by atoms with Crippen molar-refractivity contribution in [3.8, 4) is 0 Å². The number of benzene rings is 2. The summed E-state index contributed by atoms with van der Waals surface area (Å²) in [6, 6.07) is 13.2. The Balaban J connectivity index is 1.40. The van der Waals surface area contributed by atoms with E-state index in [1.165, 1.54) is 24.1 Å². The molecule has 3 rings (SSSR count). The Bertz CT molecular complexity index is 903. The third-order valence-electron chi connectivity index (χ3n) is 5.82. The summed E-state index contributed by atoms with van der Waals surface area (Å²) in [7, 11) is 0. The van der Waals surface area contributed by atoms with Crippen molar-refractivity contribution in [2.24, 2.45) is 0 Å². The number of anilines is 1. The molecule has 166 valence electrons. The summed E-state index contributed by atoms with van der Waals surface area (Å²) in [5.74, 6) is 0.0176. The Morgan fingerprint density at radius 2 is 1.71 bits per heavy atom. The highest BCUT2D eigenvalue weighted by molar-refractivity contribution is 5.94. The molecule has 1 saturated heterocycles. The van der Waals surface area contributed by atoms with Crippen LogP contribution in [0.3, 0.4) is 0 Å². The molecular weight excluding hydrogens is 393 g/mol. The van der Waals surface area contributed by atoms with Gasteiger partial charge in [-0.1, -0.05) is 38.1 Å². The van der Waals surface area contributed by atoms with E-state index in [2.05, 4.69) is 48.3 Å². The second-order valence-electron chi connectivity index (χ2n) is 8.48. The number of piperazine rings is 1. The van der Waals surface area contributed by atoms with E-state index in [0.29, 0.717) is 56.4 Å². The molecule has 0 aromatic heterocycles. The number of hydrogen-bond donors (Lipinski definition) is 1. The number of amides is 1. The van der Waals surface area contributed by atoms with Gasteiger partial charge in [-0.15, -0.1) is 0 Å². The van der Waals surface area contributed by atoms with Gasteiger partial charge in [0, 0.05) is 38.3 Å². The minimum Gasteiger partial charge on any atom is -0.367 e. The maximum Gasteiger partial charge on any atom is 0.234 e. The van der Waals surface area contributed by atoms with E-state index in [9.17, 15) is 14.0 Å². The van der Waals surface area contributed by atoms with Crippen molar-refractivity contribution in [2.45, 2.75) is 33.1 Å². The van der Waals surface area contributed by atoms with Crippen LogP contribution < -0.4 is 10.2 Å². The highest BCUT2D eigenvalue weighted by Crippen LogP contribution is 2.22. The van der Waals surface area contributed by atoms with Gasteiger partial charge in [0.05, 0.1) is 12.2 Å². The van der Waals surface area contributed by atoms with E-state index in [0.717, 1.165) is 6.42 Å². The molecule has 0 bridgehead atoms. The normalized spacial score (nSPS) is 14.7. The number of carbonyl (C=O) groups excluding carboxylic acids is 2. The number of hydrogen-bond acceptors (Lipinski definition) is 4. The molecule has 31 heavy (non-hydrogen) atoms. The van der Waals surface area contributed by atoms with Crippen molar-refractivity contribution in [1.82, 2.24) is 10.2 Å². The molecule has 2 aromatic carbocycles. The number of carbonyl (C=O) groups is 2. The van der Waals surface area contributed by atoms with Gasteiger partial charge in [-0.3, -0.25) is 14.5 Å². The molecule has 0 aliphatic carbocycles. The highest BCUT2D eigenvalue weighted by atomic mass is 19.1. The molecule has 0 saturated carbocycles. The third kappa shape index (κ3) is 6.37. The van der Waals surface area contributed by atoms with Gasteiger partial charge < -0.3 is 10.2 Å². The van der Waals surface area contributed by atoms with Crippen LogP contribution in [0, 0.1) is 5.82 Å². The fourth-order valence-electron chi connectivity index (χ4n) is 3.80. The van der Waals surface area contributed by atoms with Crippen LogP contribution in [-0.2, 0) is 11.2 Å². The highest BCUT2D eigenvalue weighted by Gasteiger charge is 2.21. The average Bonchev–Trinajstić information content (AvgIpc) is 2.74. The number of nitrogens with one attached hydrogen (secondary N) is 1. The van der Waals surface area contributed by atoms with Crippen molar-refractivity contribution in [3.63, 3.8) is 0 Å². The first-order chi connectivity index (χ1) is 14.8. The van der Waals surface area contributed by atoms with Gasteiger partial charge in [-0.2, -0.15) is 0 Å². The molecule has 0 radical (unpaired) electrons. The predicted molar refractivity (Wildman–Crippen MR) is 122 cm³/mol. The van der Waals surface area contributed by atoms with Crippen LogP contribution in [0.4, 0.5) is 10.1 Å². The van der Waals surface area contributed by atoms with Crippen molar-refractivity contribution < 1.29 is 14.0 Å². The number of rotatable bonds is 8. The molecule has 1 aliphatic rings. The summed E-state index contributed by atoms with van der Waals surface area (Å²) in [6.45, 7) is 9.43. The van der Waals surface area contributed by atoms with E-state index >= 15 is 0 Å². The Kier molecular flexibility index (Phi) is 7.80. The minimum atomic E-state index is -0.375. The Morgan fingerprint density at radius 3 is 2.29 bits per heavy atom. The fourth-order valence-corrected chi connectivity index (χ4v) is 3.80. The van der Waals surface area contributed by atoms with Gasteiger partial charge in [-0.25, -0.2) is 4.39 Å². The number of ketones is 1. The number of halogens is 1. The van der Waals surface area contributed by atoms with Crippen LogP contribution in [0.2, 0.25) is 0 Å². The summed E-state index contributed by atoms with van der Waals surface area (Å²) < 4.78 is 14.4. The van der Waals surface area contributed by atoms with Gasteiger partial charge in [0.1, 0.15) is 5.82 Å². The van der Waals surface area contributed by atoms with E-state index < -0.39 is 0 Å². The minimum absolute atomic E-state index is 0.0178. The Hall–Kier alpha value is -2.73. The molecule has 1 fully saturated rings. The van der Waals surface area contributed by atoms with Gasteiger partial charge >= 0.3 is 0 Å². The monoisotopic (exact) mass is 425 g/mol. The molecule has 1 aliphatic heterocycles. The van der Waals surface area contributed by atoms with Gasteiger partial charge in [0.15, 0.2) is 5.78 Å². The second kappa shape index (κ2) is 10.5. The first kappa shape index (κ1) is 22.9. The lowest BCUT2D eigenvalue weighted by Gasteiger charge is -2.35. The molecule has 2 aromatic rings. The second-order valence-corrected chi connectivity index (χ2v) is 8.48. The molecule has 5 nitrogen and oxygen atoms in total. The molecule has 1 amide bonds. The lowest BCUT2D eigenvalue weighted by Crippen LogP contribution is -2.49. The van der Waals surface area contributed by atoms with E-state index in [4.69, 9.17) is 0 Å². The largest absolute Gasteiger partial charge is 0.367 e. The maximum absolute atomic E-state index is 14.4. The summed E-state index contributed by atoms with van der Waals surface area (Å²) in [5.41, 5.74) is 3.43. The zero-order chi connectivity index (χ0) is 22.4. The quantitative estimate of drug-likeness (QED) is 0.657. The molecule has 0 atom stereocenters. The van der Waals surface area contributed by atoms with Crippen molar-refractivity contribution in [1.29, 1.82) is 0 Å². The van der Waals surface area contributed by atoms with Gasteiger partial charge in [-0.05, 0) is 48.6 Å². The van der Waals surface area contributed by atoms with E-state index in [-0.39, 0.29) is 17.5 Å². The molecular formula is C25H32FN3O2. The summed E-state index contributed by atoms with van der Waals surface area (Å²) in [5, 5.41) is 3.00. The SMILES string of the molecule is CC(=O)c1ccc(N2CCN(CC(=O)NCCc3ccc(C(C)C)cc3)CC2)c(F)c1. The molecule has 1 heterocycles. The van der Waals surface area contributed by atoms with Gasteiger partial charge in [0.2, 0.25) is 5.91 Å².